The van der Waals surface area contributed by atoms with Gasteiger partial charge in [-0.2, -0.15) is 9.61 Å². The van der Waals surface area contributed by atoms with E-state index in [2.05, 4.69) is 20.3 Å². The number of hydrogen-bond donors (Lipinski definition) is 1. The Labute approximate surface area is 189 Å². The maximum atomic E-state index is 12.9. The quantitative estimate of drug-likeness (QED) is 0.227. The van der Waals surface area contributed by atoms with Crippen LogP contribution < -0.4 is 5.73 Å². The Bertz CT molecular complexity index is 1480. The summed E-state index contributed by atoms with van der Waals surface area (Å²) in [6, 6.07) is 10.4. The van der Waals surface area contributed by atoms with Crippen molar-refractivity contribution in [2.45, 2.75) is 12.8 Å². The number of rotatable bonds is 8. The molecule has 170 valence electrons. The van der Waals surface area contributed by atoms with Crippen molar-refractivity contribution < 1.29 is 19.4 Å². The van der Waals surface area contributed by atoms with Gasteiger partial charge in [0, 0.05) is 35.4 Å². The van der Waals surface area contributed by atoms with Crippen molar-refractivity contribution >= 4 is 34.7 Å². The van der Waals surface area contributed by atoms with Gasteiger partial charge in [0.2, 0.25) is 5.95 Å². The average molecular weight is 462 g/mol. The van der Waals surface area contributed by atoms with E-state index in [0.717, 1.165) is 16.6 Å². The lowest BCUT2D eigenvalue weighted by Crippen LogP contribution is -2.16. The first-order chi connectivity index (χ1) is 16.2. The second-order valence-corrected chi connectivity index (χ2v) is 7.09. The van der Waals surface area contributed by atoms with E-state index in [1.807, 2.05) is 0 Å². The summed E-state index contributed by atoms with van der Waals surface area (Å²) in [6.07, 6.45) is -0.686. The highest BCUT2D eigenvalue weighted by atomic mass is 16.6. The maximum absolute atomic E-state index is 12.9. The summed E-state index contributed by atoms with van der Waals surface area (Å²) in [5, 5.41) is 33.7. The fraction of sp³-hybridized carbons (Fsp3) is 0.100. The number of hydrogen-bond acceptors (Lipinski definition) is 11. The van der Waals surface area contributed by atoms with Crippen LogP contribution >= 0.6 is 0 Å². The van der Waals surface area contributed by atoms with Gasteiger partial charge in [0.05, 0.1) is 34.1 Å². The van der Waals surface area contributed by atoms with Gasteiger partial charge in [-0.05, 0) is 0 Å². The molecule has 0 amide bonds. The molecule has 2 aromatic heterocycles. The highest BCUT2D eigenvalue weighted by Crippen LogP contribution is 2.19. The predicted molar refractivity (Wildman–Crippen MR) is 115 cm³/mol. The first-order valence-corrected chi connectivity index (χ1v) is 9.65. The van der Waals surface area contributed by atoms with E-state index in [4.69, 9.17) is 5.73 Å². The molecule has 2 N–H and O–H groups in total. The second-order valence-electron chi connectivity index (χ2n) is 7.09. The molecule has 0 unspecified atom stereocenters. The number of nitro groups is 2. The minimum absolute atomic E-state index is 0.00844. The molecule has 0 fully saturated rings. The van der Waals surface area contributed by atoms with E-state index < -0.39 is 21.4 Å². The van der Waals surface area contributed by atoms with Crippen LogP contribution in [0.2, 0.25) is 0 Å². The number of anilines is 1. The van der Waals surface area contributed by atoms with Gasteiger partial charge in [0.15, 0.2) is 11.6 Å². The molecule has 0 radical (unpaired) electrons. The summed E-state index contributed by atoms with van der Waals surface area (Å²) < 4.78 is 1.09. The monoisotopic (exact) mass is 462 g/mol. The third-order valence-electron chi connectivity index (χ3n) is 4.85. The molecule has 0 aliphatic rings. The molecule has 0 saturated heterocycles. The predicted octanol–water partition coefficient (Wildman–Crippen LogP) is 1.77. The van der Waals surface area contributed by atoms with Crippen molar-refractivity contribution in [1.82, 2.24) is 24.8 Å². The number of fused-ring (bicyclic) bond motifs is 1. The maximum Gasteiger partial charge on any atom is 0.273 e. The van der Waals surface area contributed by atoms with E-state index in [1.54, 1.807) is 0 Å². The second kappa shape index (κ2) is 8.78. The standard InChI is InChI=1S/C20H14N8O6/c21-19-23-24-20-22-15(9-17(29)11-3-1-5-13(7-11)27(31)32)16(25-26(19)20)10-18(30)12-4-2-6-14(8-12)28(33)34/h1-8H,9-10H2,(H2,21,23). The van der Waals surface area contributed by atoms with E-state index in [-0.39, 0.29) is 58.5 Å². The van der Waals surface area contributed by atoms with Crippen molar-refractivity contribution in [3.8, 4) is 0 Å². The van der Waals surface area contributed by atoms with Gasteiger partial charge in [-0.1, -0.05) is 24.3 Å². The van der Waals surface area contributed by atoms with Crippen LogP contribution in [0, 0.1) is 20.2 Å². The molecule has 14 nitrogen and oxygen atoms in total. The average Bonchev–Trinajstić information content (AvgIpc) is 3.18. The van der Waals surface area contributed by atoms with E-state index >= 15 is 0 Å². The molecule has 0 spiro atoms. The van der Waals surface area contributed by atoms with Crippen molar-refractivity contribution in [3.63, 3.8) is 0 Å². The van der Waals surface area contributed by atoms with Crippen LogP contribution in [0.5, 0.6) is 0 Å². The Balaban J connectivity index is 1.69. The van der Waals surface area contributed by atoms with Crippen LogP contribution in [-0.2, 0) is 12.8 Å². The van der Waals surface area contributed by atoms with Crippen molar-refractivity contribution in [3.05, 3.63) is 91.3 Å². The summed E-state index contributed by atoms with van der Waals surface area (Å²) >= 11 is 0. The lowest BCUT2D eigenvalue weighted by Gasteiger charge is -2.08. The van der Waals surface area contributed by atoms with Gasteiger partial charge in [-0.15, -0.1) is 10.2 Å². The molecule has 4 rings (SSSR count). The normalized spacial score (nSPS) is 10.8. The smallest absolute Gasteiger partial charge is 0.273 e. The topological polar surface area (TPSA) is 202 Å². The van der Waals surface area contributed by atoms with E-state index in [1.165, 1.54) is 36.4 Å². The number of aromatic nitrogens is 5. The van der Waals surface area contributed by atoms with Crippen LogP contribution in [-0.4, -0.2) is 46.2 Å². The number of ketones is 2. The summed E-state index contributed by atoms with van der Waals surface area (Å²) in [4.78, 5) is 50.7. The van der Waals surface area contributed by atoms with Gasteiger partial charge in [0.1, 0.15) is 0 Å². The molecular weight excluding hydrogens is 448 g/mol. The van der Waals surface area contributed by atoms with Gasteiger partial charge in [-0.3, -0.25) is 29.8 Å². The molecule has 14 heteroatoms. The highest BCUT2D eigenvalue weighted by Gasteiger charge is 2.21. The van der Waals surface area contributed by atoms with Crippen LogP contribution in [0.15, 0.2) is 48.5 Å². The molecule has 0 aliphatic carbocycles. The molecule has 2 heterocycles. The Kier molecular flexibility index (Phi) is 5.70. The number of nitrogens with two attached hydrogens (primary N) is 1. The van der Waals surface area contributed by atoms with Gasteiger partial charge >= 0.3 is 0 Å². The minimum atomic E-state index is -0.621. The fourth-order valence-electron chi connectivity index (χ4n) is 3.19. The highest BCUT2D eigenvalue weighted by molar-refractivity contribution is 5.99. The van der Waals surface area contributed by atoms with Crippen molar-refractivity contribution in [2.75, 3.05) is 5.73 Å². The minimum Gasteiger partial charge on any atom is -0.366 e. The third kappa shape index (κ3) is 4.40. The lowest BCUT2D eigenvalue weighted by molar-refractivity contribution is -0.385. The Morgan fingerprint density at radius 3 is 1.91 bits per heavy atom. The summed E-state index contributed by atoms with van der Waals surface area (Å²) in [6.45, 7) is 0. The molecular formula is C20H14N8O6. The molecule has 0 saturated carbocycles. The molecule has 0 bridgehead atoms. The molecule has 4 aromatic rings. The molecule has 34 heavy (non-hydrogen) atoms. The number of non-ortho nitro benzene ring substituents is 2. The number of nitrogen functional groups attached to an aromatic ring is 1. The number of benzene rings is 2. The van der Waals surface area contributed by atoms with Crippen molar-refractivity contribution in [2.24, 2.45) is 0 Å². The SMILES string of the molecule is Nc1nnc2nc(CC(=O)c3cccc([N+](=O)[O-])c3)c(CC(=O)c3cccc([N+](=O)[O-])c3)nn12. The molecule has 0 atom stereocenters. The van der Waals surface area contributed by atoms with Gasteiger partial charge in [-0.25, -0.2) is 4.98 Å². The number of carbonyl (C=O) groups is 2. The molecule has 2 aromatic carbocycles. The fourth-order valence-corrected chi connectivity index (χ4v) is 3.19. The van der Waals surface area contributed by atoms with Gasteiger partial charge < -0.3 is 5.73 Å². The summed E-state index contributed by atoms with van der Waals surface area (Å²) in [7, 11) is 0. The number of carbonyl (C=O) groups excluding carboxylic acids is 2. The summed E-state index contributed by atoms with van der Waals surface area (Å²) in [5.41, 5.74) is 5.54. The Morgan fingerprint density at radius 2 is 1.38 bits per heavy atom. The number of nitro benzene ring substituents is 2. The zero-order valence-corrected chi connectivity index (χ0v) is 17.2. The molecule has 0 aliphatic heterocycles. The van der Waals surface area contributed by atoms with Crippen LogP contribution in [0.25, 0.3) is 5.78 Å². The van der Waals surface area contributed by atoms with Crippen LogP contribution in [0.1, 0.15) is 32.1 Å². The number of nitrogens with zero attached hydrogens (tertiary/aromatic N) is 7. The van der Waals surface area contributed by atoms with Crippen LogP contribution in [0.4, 0.5) is 17.3 Å². The van der Waals surface area contributed by atoms with E-state index in [9.17, 15) is 29.8 Å². The lowest BCUT2D eigenvalue weighted by atomic mass is 10.0. The largest absolute Gasteiger partial charge is 0.366 e. The van der Waals surface area contributed by atoms with Crippen LogP contribution in [0.3, 0.4) is 0 Å². The van der Waals surface area contributed by atoms with Crippen molar-refractivity contribution in [1.29, 1.82) is 0 Å². The zero-order chi connectivity index (χ0) is 24.4. The first-order valence-electron chi connectivity index (χ1n) is 9.65. The zero-order valence-electron chi connectivity index (χ0n) is 17.2. The number of Topliss-reactive ketones (excluding diaryl/α,β-unsaturated/α-hetero) is 2. The Hall–Kier alpha value is -5.14. The van der Waals surface area contributed by atoms with Gasteiger partial charge in [0.25, 0.3) is 17.2 Å². The Morgan fingerprint density at radius 1 is 0.853 bits per heavy atom. The first kappa shape index (κ1) is 22.1. The summed E-state index contributed by atoms with van der Waals surface area (Å²) in [5.74, 6) is -1.11. The third-order valence-corrected chi connectivity index (χ3v) is 4.85. The van der Waals surface area contributed by atoms with E-state index in [0.29, 0.717) is 0 Å².